The topological polar surface area (TPSA) is 94.1 Å². The molecule has 1 fully saturated rings. The first kappa shape index (κ1) is 25.0. The van der Waals surface area contributed by atoms with Crippen LogP contribution in [0.4, 0.5) is 0 Å². The highest BCUT2D eigenvalue weighted by molar-refractivity contribution is 7.99. The quantitative estimate of drug-likeness (QED) is 0.517. The molecule has 0 atom stereocenters. The number of nitrogens with two attached hydrogens (primary N) is 1. The minimum Gasteiger partial charge on any atom is -0.369 e. The second-order valence-electron chi connectivity index (χ2n) is 10.1. The predicted octanol–water partition coefficient (Wildman–Crippen LogP) is 4.36. The maximum absolute atomic E-state index is 12.9. The number of hydrogen-bond donors (Lipinski definition) is 1. The molecule has 0 spiro atoms. The second-order valence-corrected chi connectivity index (χ2v) is 11.0. The highest BCUT2D eigenvalue weighted by atomic mass is 32.2. The van der Waals surface area contributed by atoms with Gasteiger partial charge in [-0.2, -0.15) is 0 Å². The Bertz CT molecular complexity index is 1210. The molecule has 0 aliphatic carbocycles. The number of para-hydroxylation sites is 1. The number of piperidine rings is 1. The van der Waals surface area contributed by atoms with Gasteiger partial charge in [0.2, 0.25) is 11.8 Å². The van der Waals surface area contributed by atoms with Crippen molar-refractivity contribution in [1.82, 2.24) is 19.7 Å². The molecule has 2 amide bonds. The summed E-state index contributed by atoms with van der Waals surface area (Å²) in [5.74, 6) is 0.628. The average molecular weight is 492 g/mol. The molecule has 2 N–H and O–H groups in total. The smallest absolute Gasteiger partial charge is 0.233 e. The van der Waals surface area contributed by atoms with E-state index in [9.17, 15) is 9.59 Å². The molecule has 2 heterocycles. The number of aromatic nitrogens is 3. The number of primary amides is 1. The zero-order valence-corrected chi connectivity index (χ0v) is 21.6. The van der Waals surface area contributed by atoms with Crippen LogP contribution in [0.3, 0.4) is 0 Å². The zero-order valence-electron chi connectivity index (χ0n) is 20.8. The van der Waals surface area contributed by atoms with Gasteiger partial charge in [0.15, 0.2) is 11.0 Å². The Labute approximate surface area is 211 Å². The van der Waals surface area contributed by atoms with E-state index in [1.54, 1.807) is 0 Å². The normalized spacial score (nSPS) is 14.8. The number of nitrogens with zero attached hydrogens (tertiary/aromatic N) is 4. The number of aryl methyl sites for hydroxylation is 1. The molecule has 1 saturated heterocycles. The number of carbonyl (C=O) groups is 2. The van der Waals surface area contributed by atoms with Gasteiger partial charge in [-0.3, -0.25) is 14.2 Å². The number of likely N-dealkylation sites (tertiary alicyclic amines) is 1. The van der Waals surface area contributed by atoms with Crippen molar-refractivity contribution in [2.24, 2.45) is 11.7 Å². The summed E-state index contributed by atoms with van der Waals surface area (Å²) in [5.41, 5.74) is 9.80. The summed E-state index contributed by atoms with van der Waals surface area (Å²) < 4.78 is 2.04. The van der Waals surface area contributed by atoms with Crippen molar-refractivity contribution < 1.29 is 9.59 Å². The number of hydrogen-bond acceptors (Lipinski definition) is 5. The Morgan fingerprint density at radius 2 is 1.69 bits per heavy atom. The summed E-state index contributed by atoms with van der Waals surface area (Å²) in [5, 5.41) is 9.68. The van der Waals surface area contributed by atoms with Gasteiger partial charge < -0.3 is 10.6 Å². The van der Waals surface area contributed by atoms with Crippen LogP contribution in [0.1, 0.15) is 44.7 Å². The van der Waals surface area contributed by atoms with E-state index in [4.69, 9.17) is 5.73 Å². The lowest BCUT2D eigenvalue weighted by molar-refractivity contribution is -0.132. The first-order chi connectivity index (χ1) is 16.6. The van der Waals surface area contributed by atoms with Gasteiger partial charge in [0.1, 0.15) is 0 Å². The Balaban J connectivity index is 1.59. The maximum atomic E-state index is 12.9. The molecule has 1 aliphatic rings. The molecule has 0 radical (unpaired) electrons. The Morgan fingerprint density at radius 3 is 2.29 bits per heavy atom. The van der Waals surface area contributed by atoms with Crippen LogP contribution in [0.2, 0.25) is 0 Å². The molecule has 4 rings (SSSR count). The van der Waals surface area contributed by atoms with Gasteiger partial charge in [-0.25, -0.2) is 0 Å². The van der Waals surface area contributed by atoms with Crippen LogP contribution in [0.25, 0.3) is 17.1 Å². The van der Waals surface area contributed by atoms with E-state index in [2.05, 4.69) is 68.2 Å². The van der Waals surface area contributed by atoms with Crippen molar-refractivity contribution in [3.8, 4) is 17.1 Å². The summed E-state index contributed by atoms with van der Waals surface area (Å²) in [6, 6.07) is 16.6. The van der Waals surface area contributed by atoms with Crippen molar-refractivity contribution in [2.75, 3.05) is 18.8 Å². The number of amides is 2. The maximum Gasteiger partial charge on any atom is 0.233 e. The number of carbonyl (C=O) groups excluding carboxylic acids is 2. The molecular formula is C27H33N5O2S. The molecule has 7 nitrogen and oxygen atoms in total. The first-order valence-corrected chi connectivity index (χ1v) is 13.0. The standard InChI is InChI=1S/C27H33N5O2S/c1-18-7-5-6-8-22(18)32-25(20-9-11-21(12-10-20)27(2,3)4)29-30-26(32)35-17-23(33)31-15-13-19(14-16-31)24(28)34/h5-12,19H,13-17H2,1-4H3,(H2,28,34). The van der Waals surface area contributed by atoms with Crippen molar-refractivity contribution >= 4 is 23.6 Å². The van der Waals surface area contributed by atoms with Gasteiger partial charge in [-0.05, 0) is 42.4 Å². The summed E-state index contributed by atoms with van der Waals surface area (Å²) in [6.07, 6.45) is 1.25. The highest BCUT2D eigenvalue weighted by Gasteiger charge is 2.27. The zero-order chi connectivity index (χ0) is 25.2. The molecule has 184 valence electrons. The average Bonchev–Trinajstić information content (AvgIpc) is 3.26. The van der Waals surface area contributed by atoms with Gasteiger partial charge in [0, 0.05) is 24.6 Å². The Kier molecular flexibility index (Phi) is 7.31. The van der Waals surface area contributed by atoms with E-state index < -0.39 is 0 Å². The third-order valence-corrected chi connectivity index (χ3v) is 7.49. The second kappa shape index (κ2) is 10.2. The molecule has 1 aliphatic heterocycles. The number of thioether (sulfide) groups is 1. The minimum atomic E-state index is -0.277. The molecule has 3 aromatic rings. The van der Waals surface area contributed by atoms with E-state index >= 15 is 0 Å². The predicted molar refractivity (Wildman–Crippen MR) is 139 cm³/mol. The molecule has 0 bridgehead atoms. The molecule has 0 unspecified atom stereocenters. The van der Waals surface area contributed by atoms with Crippen LogP contribution in [0, 0.1) is 12.8 Å². The van der Waals surface area contributed by atoms with E-state index in [0.29, 0.717) is 31.1 Å². The van der Waals surface area contributed by atoms with Crippen LogP contribution in [-0.4, -0.2) is 50.3 Å². The van der Waals surface area contributed by atoms with E-state index in [0.717, 1.165) is 22.6 Å². The van der Waals surface area contributed by atoms with Gasteiger partial charge in [-0.15, -0.1) is 10.2 Å². The van der Waals surface area contributed by atoms with Gasteiger partial charge >= 0.3 is 0 Å². The molecule has 2 aromatic carbocycles. The largest absolute Gasteiger partial charge is 0.369 e. The molecule has 35 heavy (non-hydrogen) atoms. The van der Waals surface area contributed by atoms with Gasteiger partial charge in [-0.1, -0.05) is 75.0 Å². The highest BCUT2D eigenvalue weighted by Crippen LogP contribution is 2.31. The minimum absolute atomic E-state index is 0.0355. The van der Waals surface area contributed by atoms with E-state index in [-0.39, 0.29) is 28.9 Å². The van der Waals surface area contributed by atoms with E-state index in [1.165, 1.54) is 17.3 Å². The monoisotopic (exact) mass is 491 g/mol. The number of benzene rings is 2. The summed E-state index contributed by atoms with van der Waals surface area (Å²) in [7, 11) is 0. The van der Waals surface area contributed by atoms with Crippen LogP contribution < -0.4 is 5.73 Å². The Hall–Kier alpha value is -3.13. The molecule has 8 heteroatoms. The van der Waals surface area contributed by atoms with Crippen molar-refractivity contribution in [2.45, 2.75) is 51.1 Å². The first-order valence-electron chi connectivity index (χ1n) is 12.0. The van der Waals surface area contributed by atoms with Crippen LogP contribution in [-0.2, 0) is 15.0 Å². The molecule has 0 saturated carbocycles. The lowest BCUT2D eigenvalue weighted by Gasteiger charge is -2.30. The van der Waals surface area contributed by atoms with Gasteiger partial charge in [0.05, 0.1) is 11.4 Å². The summed E-state index contributed by atoms with van der Waals surface area (Å²) in [4.78, 5) is 26.1. The summed E-state index contributed by atoms with van der Waals surface area (Å²) >= 11 is 1.39. The van der Waals surface area contributed by atoms with Gasteiger partial charge in [0.25, 0.3) is 0 Å². The third kappa shape index (κ3) is 5.59. The van der Waals surface area contributed by atoms with E-state index in [1.807, 2.05) is 27.7 Å². The Morgan fingerprint density at radius 1 is 1.03 bits per heavy atom. The number of rotatable bonds is 6. The third-order valence-electron chi connectivity index (χ3n) is 6.57. The fraction of sp³-hybridized carbons (Fsp3) is 0.407. The molecule has 1 aromatic heterocycles. The lowest BCUT2D eigenvalue weighted by Crippen LogP contribution is -2.42. The fourth-order valence-electron chi connectivity index (χ4n) is 4.33. The molecular weight excluding hydrogens is 458 g/mol. The van der Waals surface area contributed by atoms with Crippen molar-refractivity contribution in [3.05, 3.63) is 59.7 Å². The van der Waals surface area contributed by atoms with Crippen LogP contribution in [0.5, 0.6) is 0 Å². The lowest BCUT2D eigenvalue weighted by atomic mass is 9.87. The van der Waals surface area contributed by atoms with Crippen LogP contribution in [0.15, 0.2) is 53.7 Å². The van der Waals surface area contributed by atoms with Crippen LogP contribution >= 0.6 is 11.8 Å². The van der Waals surface area contributed by atoms with Crippen molar-refractivity contribution in [3.63, 3.8) is 0 Å². The SMILES string of the molecule is Cc1ccccc1-n1c(SCC(=O)N2CCC(C(N)=O)CC2)nnc1-c1ccc(C(C)(C)C)cc1. The van der Waals surface area contributed by atoms with Crippen molar-refractivity contribution in [1.29, 1.82) is 0 Å². The fourth-order valence-corrected chi connectivity index (χ4v) is 5.18. The summed E-state index contributed by atoms with van der Waals surface area (Å²) in [6.45, 7) is 9.76.